The molecule has 0 aromatic heterocycles. The van der Waals surface area contributed by atoms with E-state index in [0.29, 0.717) is 11.3 Å². The highest BCUT2D eigenvalue weighted by atomic mass is 19.4. The molecule has 0 atom stereocenters. The van der Waals surface area contributed by atoms with Gasteiger partial charge in [0.1, 0.15) is 5.75 Å². The van der Waals surface area contributed by atoms with E-state index in [1.807, 2.05) is 7.05 Å². The SMILES string of the molecule is CN(C(=O)c1ccc(OCC(=O)Nc2cccc(C(F)(F)F)c2)cc1)C1CCCCC1. The predicted octanol–water partition coefficient (Wildman–Crippen LogP) is 5.13. The van der Waals surface area contributed by atoms with Crippen LogP contribution in [-0.2, 0) is 11.0 Å². The summed E-state index contributed by atoms with van der Waals surface area (Å²) in [7, 11) is 1.82. The molecule has 0 heterocycles. The number of nitrogens with zero attached hydrogens (tertiary/aromatic N) is 1. The summed E-state index contributed by atoms with van der Waals surface area (Å²) in [5, 5.41) is 2.38. The van der Waals surface area contributed by atoms with Crippen LogP contribution in [0.25, 0.3) is 0 Å². The molecule has 2 aromatic rings. The van der Waals surface area contributed by atoms with Gasteiger partial charge in [0.2, 0.25) is 0 Å². The molecule has 1 N–H and O–H groups in total. The van der Waals surface area contributed by atoms with E-state index >= 15 is 0 Å². The van der Waals surface area contributed by atoms with Gasteiger partial charge in [0.05, 0.1) is 5.56 Å². The molecule has 3 rings (SSSR count). The van der Waals surface area contributed by atoms with Crippen molar-refractivity contribution in [3.05, 3.63) is 59.7 Å². The standard InChI is InChI=1S/C23H25F3N2O3/c1-28(19-8-3-2-4-9-19)22(30)16-10-12-20(13-11-16)31-15-21(29)27-18-7-5-6-17(14-18)23(24,25)26/h5-7,10-14,19H,2-4,8-9,15H2,1H3,(H,27,29). The van der Waals surface area contributed by atoms with Crippen LogP contribution >= 0.6 is 0 Å². The van der Waals surface area contributed by atoms with Crippen molar-refractivity contribution in [2.75, 3.05) is 19.0 Å². The van der Waals surface area contributed by atoms with Crippen LogP contribution in [0.5, 0.6) is 5.75 Å². The largest absolute Gasteiger partial charge is 0.484 e. The molecule has 0 unspecified atom stereocenters. The summed E-state index contributed by atoms with van der Waals surface area (Å²) in [6.07, 6.45) is 1.04. The highest BCUT2D eigenvalue weighted by molar-refractivity contribution is 5.94. The Kier molecular flexibility index (Phi) is 7.20. The maximum atomic E-state index is 12.8. The number of hydrogen-bond donors (Lipinski definition) is 1. The first kappa shape index (κ1) is 22.7. The first-order chi connectivity index (χ1) is 14.7. The molecule has 1 saturated carbocycles. The van der Waals surface area contributed by atoms with Crippen molar-refractivity contribution in [3.8, 4) is 5.75 Å². The highest BCUT2D eigenvalue weighted by Gasteiger charge is 2.30. The van der Waals surface area contributed by atoms with Crippen LogP contribution in [0, 0.1) is 0 Å². The van der Waals surface area contributed by atoms with Crippen molar-refractivity contribution in [3.63, 3.8) is 0 Å². The van der Waals surface area contributed by atoms with Crippen LogP contribution in [-0.4, -0.2) is 36.4 Å². The predicted molar refractivity (Wildman–Crippen MR) is 111 cm³/mol. The molecular formula is C23H25F3N2O3. The fourth-order valence-electron chi connectivity index (χ4n) is 3.65. The van der Waals surface area contributed by atoms with Crippen LogP contribution in [0.4, 0.5) is 18.9 Å². The Morgan fingerprint density at radius 3 is 2.39 bits per heavy atom. The molecule has 2 aromatic carbocycles. The van der Waals surface area contributed by atoms with E-state index in [4.69, 9.17) is 4.74 Å². The van der Waals surface area contributed by atoms with Gasteiger partial charge in [0.15, 0.2) is 6.61 Å². The number of rotatable bonds is 6. The Balaban J connectivity index is 1.52. The minimum absolute atomic E-state index is 0.0371. The summed E-state index contributed by atoms with van der Waals surface area (Å²) in [4.78, 5) is 26.5. The molecule has 1 fully saturated rings. The minimum atomic E-state index is -4.48. The first-order valence-electron chi connectivity index (χ1n) is 10.2. The average molecular weight is 434 g/mol. The second-order valence-electron chi connectivity index (χ2n) is 7.65. The van der Waals surface area contributed by atoms with Crippen LogP contribution < -0.4 is 10.1 Å². The summed E-state index contributed by atoms with van der Waals surface area (Å²) in [5.41, 5.74) is -0.270. The van der Waals surface area contributed by atoms with Crippen molar-refractivity contribution in [2.45, 2.75) is 44.3 Å². The van der Waals surface area contributed by atoms with Gasteiger partial charge in [-0.3, -0.25) is 9.59 Å². The number of carbonyl (C=O) groups excluding carboxylic acids is 2. The molecule has 166 valence electrons. The summed E-state index contributed by atoms with van der Waals surface area (Å²) >= 11 is 0. The van der Waals surface area contributed by atoms with E-state index in [1.165, 1.54) is 18.6 Å². The fraction of sp³-hybridized carbons (Fsp3) is 0.391. The molecule has 0 bridgehead atoms. The van der Waals surface area contributed by atoms with Gasteiger partial charge in [0.25, 0.3) is 11.8 Å². The smallest absolute Gasteiger partial charge is 0.416 e. The van der Waals surface area contributed by atoms with Gasteiger partial charge in [-0.15, -0.1) is 0 Å². The molecule has 31 heavy (non-hydrogen) atoms. The highest BCUT2D eigenvalue weighted by Crippen LogP contribution is 2.30. The molecule has 0 radical (unpaired) electrons. The van der Waals surface area contributed by atoms with Gasteiger partial charge >= 0.3 is 6.18 Å². The third kappa shape index (κ3) is 6.23. The lowest BCUT2D eigenvalue weighted by Gasteiger charge is -2.31. The van der Waals surface area contributed by atoms with Crippen LogP contribution in [0.2, 0.25) is 0 Å². The molecule has 5 nitrogen and oxygen atoms in total. The number of anilines is 1. The van der Waals surface area contributed by atoms with Crippen molar-refractivity contribution < 1.29 is 27.5 Å². The monoisotopic (exact) mass is 434 g/mol. The second-order valence-corrected chi connectivity index (χ2v) is 7.65. The van der Waals surface area contributed by atoms with Gasteiger partial charge < -0.3 is 15.0 Å². The Bertz CT molecular complexity index is 907. The van der Waals surface area contributed by atoms with Crippen LogP contribution in [0.3, 0.4) is 0 Å². The zero-order valence-electron chi connectivity index (χ0n) is 17.2. The van der Waals surface area contributed by atoms with Crippen molar-refractivity contribution >= 4 is 17.5 Å². The topological polar surface area (TPSA) is 58.6 Å². The lowest BCUT2D eigenvalue weighted by atomic mass is 9.94. The van der Waals surface area contributed by atoms with Crippen molar-refractivity contribution in [1.29, 1.82) is 0 Å². The van der Waals surface area contributed by atoms with E-state index in [9.17, 15) is 22.8 Å². The fourth-order valence-corrected chi connectivity index (χ4v) is 3.65. The number of amides is 2. The molecule has 0 saturated heterocycles. The zero-order chi connectivity index (χ0) is 22.4. The molecule has 0 aliphatic heterocycles. The molecule has 1 aliphatic carbocycles. The first-order valence-corrected chi connectivity index (χ1v) is 10.2. The number of nitrogens with one attached hydrogen (secondary N) is 1. The number of alkyl halides is 3. The van der Waals surface area contributed by atoms with Crippen molar-refractivity contribution in [1.82, 2.24) is 4.90 Å². The lowest BCUT2D eigenvalue weighted by molar-refractivity contribution is -0.137. The van der Waals surface area contributed by atoms with Gasteiger partial charge in [-0.05, 0) is 55.3 Å². The summed E-state index contributed by atoms with van der Waals surface area (Å²) in [5.74, 6) is -0.256. The van der Waals surface area contributed by atoms with E-state index in [2.05, 4.69) is 5.32 Å². The third-order valence-corrected chi connectivity index (χ3v) is 5.39. The Morgan fingerprint density at radius 1 is 1.06 bits per heavy atom. The second kappa shape index (κ2) is 9.85. The Hall–Kier alpha value is -3.03. The van der Waals surface area contributed by atoms with Crippen molar-refractivity contribution in [2.24, 2.45) is 0 Å². The number of ether oxygens (including phenoxy) is 1. The summed E-state index contributed by atoms with van der Waals surface area (Å²) in [6, 6.07) is 11.1. The van der Waals surface area contributed by atoms with E-state index in [-0.39, 0.29) is 24.2 Å². The Labute approximate surface area is 179 Å². The van der Waals surface area contributed by atoms with E-state index < -0.39 is 17.6 Å². The number of carbonyl (C=O) groups is 2. The molecule has 1 aliphatic rings. The molecule has 2 amide bonds. The Morgan fingerprint density at radius 2 is 1.74 bits per heavy atom. The normalized spacial score (nSPS) is 14.7. The average Bonchev–Trinajstić information content (AvgIpc) is 2.77. The molecular weight excluding hydrogens is 409 g/mol. The minimum Gasteiger partial charge on any atom is -0.484 e. The maximum Gasteiger partial charge on any atom is 0.416 e. The van der Waals surface area contributed by atoms with Gasteiger partial charge in [-0.25, -0.2) is 0 Å². The van der Waals surface area contributed by atoms with E-state index in [1.54, 1.807) is 29.2 Å². The van der Waals surface area contributed by atoms with Crippen LogP contribution in [0.1, 0.15) is 48.0 Å². The number of hydrogen-bond acceptors (Lipinski definition) is 3. The van der Waals surface area contributed by atoms with E-state index in [0.717, 1.165) is 37.8 Å². The lowest BCUT2D eigenvalue weighted by Crippen LogP contribution is -2.38. The number of halogens is 3. The summed E-state index contributed by atoms with van der Waals surface area (Å²) < 4.78 is 43.7. The van der Waals surface area contributed by atoms with Gasteiger partial charge in [0, 0.05) is 24.3 Å². The van der Waals surface area contributed by atoms with Gasteiger partial charge in [-0.2, -0.15) is 13.2 Å². The number of benzene rings is 2. The van der Waals surface area contributed by atoms with Gasteiger partial charge in [-0.1, -0.05) is 25.3 Å². The quantitative estimate of drug-likeness (QED) is 0.686. The van der Waals surface area contributed by atoms with Crippen LogP contribution in [0.15, 0.2) is 48.5 Å². The third-order valence-electron chi connectivity index (χ3n) is 5.39. The molecule has 0 spiro atoms. The molecule has 8 heteroatoms. The summed E-state index contributed by atoms with van der Waals surface area (Å²) in [6.45, 7) is -0.370. The zero-order valence-corrected chi connectivity index (χ0v) is 17.2. The maximum absolute atomic E-state index is 12.8.